The first-order chi connectivity index (χ1) is 4.54. The Morgan fingerprint density at radius 1 is 1.50 bits per heavy atom. The van der Waals surface area contributed by atoms with Crippen molar-refractivity contribution in [2.24, 2.45) is 0 Å². The molecule has 0 spiro atoms. The van der Waals surface area contributed by atoms with Crippen molar-refractivity contribution in [1.29, 1.82) is 0 Å². The Hall–Kier alpha value is -0.440. The summed E-state index contributed by atoms with van der Waals surface area (Å²) in [7, 11) is 0. The molecule has 3 aliphatic carbocycles. The number of alkyl halides is 1. The smallest absolute Gasteiger partial charge is 0.405 e. The molecule has 0 aromatic heterocycles. The summed E-state index contributed by atoms with van der Waals surface area (Å²) in [6.45, 7) is 0. The van der Waals surface area contributed by atoms with E-state index in [0.717, 1.165) is 19.3 Å². The van der Waals surface area contributed by atoms with Gasteiger partial charge in [-0.1, -0.05) is 0 Å². The van der Waals surface area contributed by atoms with Crippen molar-refractivity contribution < 1.29 is 9.90 Å². The summed E-state index contributed by atoms with van der Waals surface area (Å²) < 4.78 is 0. The number of carbonyl (C=O) groups is 1. The van der Waals surface area contributed by atoms with E-state index in [1.807, 2.05) is 0 Å². The van der Waals surface area contributed by atoms with Gasteiger partial charge in [-0.15, -0.1) is 11.6 Å². The van der Waals surface area contributed by atoms with Crippen LogP contribution in [-0.2, 0) is 0 Å². The van der Waals surface area contributed by atoms with E-state index in [1.54, 1.807) is 0 Å². The molecule has 0 aliphatic heterocycles. The molecule has 4 heteroatoms. The molecular weight excluding hydrogens is 154 g/mol. The molecule has 3 fully saturated rings. The van der Waals surface area contributed by atoms with Crippen LogP contribution in [0, 0.1) is 0 Å². The molecule has 3 rings (SSSR count). The third-order valence-corrected chi connectivity index (χ3v) is 2.74. The third kappa shape index (κ3) is 0.639. The minimum atomic E-state index is -0.932. The second-order valence-electron chi connectivity index (χ2n) is 3.39. The maximum atomic E-state index is 10.2. The molecule has 56 valence electrons. The first kappa shape index (κ1) is 6.28. The van der Waals surface area contributed by atoms with Crippen LogP contribution in [0.15, 0.2) is 0 Å². The van der Waals surface area contributed by atoms with Crippen LogP contribution in [0.3, 0.4) is 0 Å². The quantitative estimate of drug-likeness (QED) is 0.568. The summed E-state index contributed by atoms with van der Waals surface area (Å²) in [6, 6.07) is 0. The molecule has 3 aliphatic rings. The number of hydrogen-bond acceptors (Lipinski definition) is 1. The van der Waals surface area contributed by atoms with Gasteiger partial charge in [0.2, 0.25) is 0 Å². The Labute approximate surface area is 63.4 Å². The van der Waals surface area contributed by atoms with E-state index in [9.17, 15) is 4.79 Å². The van der Waals surface area contributed by atoms with Gasteiger partial charge in [-0.05, 0) is 19.3 Å². The Kier molecular flexibility index (Phi) is 0.892. The predicted octanol–water partition coefficient (Wildman–Crippen LogP) is 1.17. The number of nitrogens with one attached hydrogen (secondary N) is 1. The van der Waals surface area contributed by atoms with Gasteiger partial charge in [0.15, 0.2) is 0 Å². The van der Waals surface area contributed by atoms with Crippen molar-refractivity contribution in [1.82, 2.24) is 5.32 Å². The van der Waals surface area contributed by atoms with Gasteiger partial charge in [-0.2, -0.15) is 0 Å². The molecule has 2 N–H and O–H groups in total. The third-order valence-electron chi connectivity index (χ3n) is 2.34. The summed E-state index contributed by atoms with van der Waals surface area (Å²) in [5, 5.41) is 10.8. The van der Waals surface area contributed by atoms with Gasteiger partial charge in [0.1, 0.15) is 0 Å². The fraction of sp³-hybridized carbons (Fsp3) is 0.833. The lowest BCUT2D eigenvalue weighted by Gasteiger charge is -2.66. The number of carboxylic acid groups (broad SMARTS) is 1. The van der Waals surface area contributed by atoms with Gasteiger partial charge in [-0.3, -0.25) is 0 Å². The zero-order chi connectivity index (χ0) is 7.41. The minimum Gasteiger partial charge on any atom is -0.465 e. The summed E-state index contributed by atoms with van der Waals surface area (Å²) in [5.41, 5.74) is -0.131. The summed E-state index contributed by atoms with van der Waals surface area (Å²) in [6.07, 6.45) is 1.51. The average Bonchev–Trinajstić information content (AvgIpc) is 1.56. The topological polar surface area (TPSA) is 49.3 Å². The van der Waals surface area contributed by atoms with E-state index in [4.69, 9.17) is 16.7 Å². The highest BCUT2D eigenvalue weighted by molar-refractivity contribution is 6.26. The van der Waals surface area contributed by atoms with Gasteiger partial charge in [0, 0.05) is 5.54 Å². The van der Waals surface area contributed by atoms with E-state index in [0.29, 0.717) is 0 Å². The Bertz CT molecular complexity index is 184. The molecule has 2 bridgehead atoms. The molecule has 0 unspecified atom stereocenters. The summed E-state index contributed by atoms with van der Waals surface area (Å²) >= 11 is 5.91. The van der Waals surface area contributed by atoms with Crippen LogP contribution >= 0.6 is 11.6 Å². The number of hydrogen-bond donors (Lipinski definition) is 2. The van der Waals surface area contributed by atoms with Crippen LogP contribution in [0.4, 0.5) is 4.79 Å². The van der Waals surface area contributed by atoms with Crippen LogP contribution < -0.4 is 5.32 Å². The molecule has 0 aromatic rings. The monoisotopic (exact) mass is 161 g/mol. The van der Waals surface area contributed by atoms with E-state index in [1.165, 1.54) is 0 Å². The molecule has 0 saturated heterocycles. The van der Waals surface area contributed by atoms with Crippen LogP contribution in [0.5, 0.6) is 0 Å². The fourth-order valence-electron chi connectivity index (χ4n) is 2.02. The molecule has 1 amide bonds. The average molecular weight is 162 g/mol. The lowest BCUT2D eigenvalue weighted by Crippen LogP contribution is -2.76. The van der Waals surface area contributed by atoms with Crippen LogP contribution in [0.25, 0.3) is 0 Å². The maximum absolute atomic E-state index is 10.2. The first-order valence-corrected chi connectivity index (χ1v) is 3.62. The molecule has 3 nitrogen and oxygen atoms in total. The number of halogens is 1. The second-order valence-corrected chi connectivity index (χ2v) is 4.19. The predicted molar refractivity (Wildman–Crippen MR) is 36.3 cm³/mol. The van der Waals surface area contributed by atoms with Crippen molar-refractivity contribution in [2.75, 3.05) is 0 Å². The van der Waals surface area contributed by atoms with Gasteiger partial charge in [0.25, 0.3) is 0 Å². The zero-order valence-electron chi connectivity index (χ0n) is 5.35. The van der Waals surface area contributed by atoms with Crippen molar-refractivity contribution in [3.8, 4) is 0 Å². The van der Waals surface area contributed by atoms with Crippen LogP contribution in [-0.4, -0.2) is 21.6 Å². The fourth-order valence-corrected chi connectivity index (χ4v) is 2.79. The zero-order valence-corrected chi connectivity index (χ0v) is 6.11. The highest BCUT2D eigenvalue weighted by atomic mass is 35.5. The second kappa shape index (κ2) is 1.42. The minimum absolute atomic E-state index is 0.0392. The molecular formula is C6H8ClNO2. The molecule has 0 radical (unpaired) electrons. The Balaban J connectivity index is 1.93. The lowest BCUT2D eigenvalue weighted by molar-refractivity contribution is -0.0195. The van der Waals surface area contributed by atoms with Crippen LogP contribution in [0.1, 0.15) is 19.3 Å². The Morgan fingerprint density at radius 2 is 2.00 bits per heavy atom. The van der Waals surface area contributed by atoms with E-state index >= 15 is 0 Å². The van der Waals surface area contributed by atoms with E-state index in [-0.39, 0.29) is 10.4 Å². The van der Waals surface area contributed by atoms with Crippen molar-refractivity contribution in [3.63, 3.8) is 0 Å². The van der Waals surface area contributed by atoms with Gasteiger partial charge < -0.3 is 10.4 Å². The van der Waals surface area contributed by atoms with Gasteiger partial charge in [-0.25, -0.2) is 4.79 Å². The molecule has 3 saturated carbocycles. The van der Waals surface area contributed by atoms with E-state index in [2.05, 4.69) is 5.32 Å². The molecule has 10 heavy (non-hydrogen) atoms. The SMILES string of the molecule is O=C(O)NC12CC(Cl)(C1)C2. The van der Waals surface area contributed by atoms with Gasteiger partial charge >= 0.3 is 6.09 Å². The number of amides is 1. The standard InChI is InChI=1S/C6H8ClNO2/c7-5-1-6(2-5,3-5)8-4(9)10/h8H,1-3H2,(H,9,10). The first-order valence-electron chi connectivity index (χ1n) is 3.24. The maximum Gasteiger partial charge on any atom is 0.405 e. The summed E-state index contributed by atoms with van der Waals surface area (Å²) in [4.78, 5) is 10.1. The highest BCUT2D eigenvalue weighted by Crippen LogP contribution is 2.64. The largest absolute Gasteiger partial charge is 0.465 e. The highest BCUT2D eigenvalue weighted by Gasteiger charge is 2.68. The molecule has 0 aromatic carbocycles. The lowest BCUT2D eigenvalue weighted by atomic mass is 9.49. The normalized spacial score (nSPS) is 48.9. The van der Waals surface area contributed by atoms with Crippen molar-refractivity contribution >= 4 is 17.7 Å². The van der Waals surface area contributed by atoms with Crippen LogP contribution in [0.2, 0.25) is 0 Å². The molecule has 0 heterocycles. The van der Waals surface area contributed by atoms with E-state index < -0.39 is 6.09 Å². The van der Waals surface area contributed by atoms with Crippen molar-refractivity contribution in [2.45, 2.75) is 29.7 Å². The molecule has 0 atom stereocenters. The van der Waals surface area contributed by atoms with Crippen molar-refractivity contribution in [3.05, 3.63) is 0 Å². The Morgan fingerprint density at radius 3 is 2.30 bits per heavy atom. The van der Waals surface area contributed by atoms with Gasteiger partial charge in [0.05, 0.1) is 4.87 Å². The number of rotatable bonds is 1. The summed E-state index contributed by atoms with van der Waals surface area (Å²) in [5.74, 6) is 0.